The molecule has 1 aromatic carbocycles. The number of aromatic nitrogens is 3. The van der Waals surface area contributed by atoms with E-state index in [2.05, 4.69) is 31.3 Å². The molecule has 0 aliphatic carbocycles. The highest BCUT2D eigenvalue weighted by Crippen LogP contribution is 2.23. The van der Waals surface area contributed by atoms with Crippen LogP contribution in [-0.4, -0.2) is 20.7 Å². The number of hydrogen-bond acceptors (Lipinski definition) is 3. The first-order valence-corrected chi connectivity index (χ1v) is 6.12. The Morgan fingerprint density at radius 2 is 2.16 bits per heavy atom. The number of hydrogen-bond donors (Lipinski definition) is 1. The van der Waals surface area contributed by atoms with E-state index in [0.29, 0.717) is 6.54 Å². The van der Waals surface area contributed by atoms with Gasteiger partial charge in [0.1, 0.15) is 24.3 Å². The Labute approximate surface area is 115 Å². The van der Waals surface area contributed by atoms with Crippen molar-refractivity contribution < 1.29 is 13.6 Å². The van der Waals surface area contributed by atoms with Gasteiger partial charge in [-0.1, -0.05) is 0 Å². The third-order valence-corrected chi connectivity index (χ3v) is 2.93. The average molecular weight is 331 g/mol. The molecule has 0 unspecified atom stereocenters. The Hall–Kier alpha value is -1.83. The molecule has 100 valence electrons. The SMILES string of the molecule is O=C(CCn1cncn1)Nc1cc(F)c(Br)cc1F. The standard InChI is InChI=1S/C11H9BrF2N4O/c12-7-3-9(14)10(4-8(7)13)17-11(19)1-2-18-6-15-5-16-18/h3-6H,1-2H2,(H,17,19). The van der Waals surface area contributed by atoms with Crippen LogP contribution in [0.15, 0.2) is 29.3 Å². The van der Waals surface area contributed by atoms with Crippen molar-refractivity contribution >= 4 is 27.5 Å². The average Bonchev–Trinajstić information content (AvgIpc) is 2.86. The number of rotatable bonds is 4. The maximum atomic E-state index is 13.5. The molecule has 2 rings (SSSR count). The third-order valence-electron chi connectivity index (χ3n) is 2.32. The van der Waals surface area contributed by atoms with E-state index in [9.17, 15) is 13.6 Å². The van der Waals surface area contributed by atoms with Crippen molar-refractivity contribution in [3.63, 3.8) is 0 Å². The monoisotopic (exact) mass is 330 g/mol. The van der Waals surface area contributed by atoms with E-state index in [1.165, 1.54) is 17.3 Å². The first-order valence-electron chi connectivity index (χ1n) is 5.33. The van der Waals surface area contributed by atoms with Crippen molar-refractivity contribution in [1.29, 1.82) is 0 Å². The zero-order valence-electron chi connectivity index (χ0n) is 9.61. The highest BCUT2D eigenvalue weighted by atomic mass is 79.9. The number of carbonyl (C=O) groups excluding carboxylic acids is 1. The number of benzene rings is 1. The fourth-order valence-electron chi connectivity index (χ4n) is 1.40. The molecule has 0 bridgehead atoms. The summed E-state index contributed by atoms with van der Waals surface area (Å²) < 4.78 is 28.2. The number of halogens is 3. The molecule has 0 aliphatic rings. The highest BCUT2D eigenvalue weighted by Gasteiger charge is 2.11. The molecule has 2 aromatic rings. The lowest BCUT2D eigenvalue weighted by molar-refractivity contribution is -0.116. The number of amides is 1. The summed E-state index contributed by atoms with van der Waals surface area (Å²) in [7, 11) is 0. The van der Waals surface area contributed by atoms with Crippen molar-refractivity contribution in [3.8, 4) is 0 Å². The molecule has 5 nitrogen and oxygen atoms in total. The Bertz CT molecular complexity index is 589. The zero-order chi connectivity index (χ0) is 13.8. The number of nitrogens with one attached hydrogen (secondary N) is 1. The second-order valence-corrected chi connectivity index (χ2v) is 4.56. The molecule has 0 saturated heterocycles. The zero-order valence-corrected chi connectivity index (χ0v) is 11.2. The van der Waals surface area contributed by atoms with Gasteiger partial charge in [-0.2, -0.15) is 5.10 Å². The van der Waals surface area contributed by atoms with E-state index < -0.39 is 17.5 Å². The molecular formula is C11H9BrF2N4O. The van der Waals surface area contributed by atoms with Gasteiger partial charge in [-0.05, 0) is 22.0 Å². The van der Waals surface area contributed by atoms with Crippen LogP contribution in [-0.2, 0) is 11.3 Å². The molecule has 0 saturated carbocycles. The van der Waals surface area contributed by atoms with Crippen LogP contribution in [0.2, 0.25) is 0 Å². The molecule has 1 N–H and O–H groups in total. The Balaban J connectivity index is 1.97. The highest BCUT2D eigenvalue weighted by molar-refractivity contribution is 9.10. The number of anilines is 1. The Kier molecular flexibility index (Phi) is 4.20. The van der Waals surface area contributed by atoms with Crippen LogP contribution in [0.4, 0.5) is 14.5 Å². The molecule has 0 fully saturated rings. The summed E-state index contributed by atoms with van der Waals surface area (Å²) in [5.41, 5.74) is -0.190. The van der Waals surface area contributed by atoms with E-state index >= 15 is 0 Å². The maximum Gasteiger partial charge on any atom is 0.226 e. The second-order valence-electron chi connectivity index (χ2n) is 3.70. The summed E-state index contributed by atoms with van der Waals surface area (Å²) in [5.74, 6) is -1.79. The van der Waals surface area contributed by atoms with Crippen LogP contribution in [0.3, 0.4) is 0 Å². The van der Waals surface area contributed by atoms with Crippen molar-refractivity contribution in [1.82, 2.24) is 14.8 Å². The van der Waals surface area contributed by atoms with E-state index in [-0.39, 0.29) is 16.6 Å². The summed E-state index contributed by atoms with van der Waals surface area (Å²) in [4.78, 5) is 15.3. The minimum Gasteiger partial charge on any atom is -0.323 e. The van der Waals surface area contributed by atoms with Crippen molar-refractivity contribution in [2.24, 2.45) is 0 Å². The van der Waals surface area contributed by atoms with Gasteiger partial charge >= 0.3 is 0 Å². The summed E-state index contributed by atoms with van der Waals surface area (Å²) in [5, 5.41) is 6.13. The van der Waals surface area contributed by atoms with Gasteiger partial charge in [-0.15, -0.1) is 0 Å². The first kappa shape index (κ1) is 13.6. The van der Waals surface area contributed by atoms with Crippen molar-refractivity contribution in [2.75, 3.05) is 5.32 Å². The Morgan fingerprint density at radius 3 is 2.84 bits per heavy atom. The van der Waals surface area contributed by atoms with E-state index in [1.54, 1.807) is 0 Å². The van der Waals surface area contributed by atoms with E-state index in [4.69, 9.17) is 0 Å². The summed E-state index contributed by atoms with van der Waals surface area (Å²) >= 11 is 2.86. The van der Waals surface area contributed by atoms with Gasteiger partial charge in [-0.3, -0.25) is 9.48 Å². The van der Waals surface area contributed by atoms with E-state index in [0.717, 1.165) is 12.1 Å². The second kappa shape index (κ2) is 5.87. The normalized spacial score (nSPS) is 10.5. The number of nitrogens with zero attached hydrogens (tertiary/aromatic N) is 3. The minimum atomic E-state index is -0.706. The van der Waals surface area contributed by atoms with Crippen LogP contribution in [0.25, 0.3) is 0 Å². The topological polar surface area (TPSA) is 59.8 Å². The lowest BCUT2D eigenvalue weighted by atomic mass is 10.3. The molecule has 1 aromatic heterocycles. The molecule has 0 radical (unpaired) electrons. The van der Waals surface area contributed by atoms with Gasteiger partial charge in [-0.25, -0.2) is 13.8 Å². The van der Waals surface area contributed by atoms with Gasteiger partial charge in [0.05, 0.1) is 16.7 Å². The van der Waals surface area contributed by atoms with Gasteiger partial charge < -0.3 is 5.32 Å². The summed E-state index contributed by atoms with van der Waals surface area (Å²) in [6.45, 7) is 0.312. The summed E-state index contributed by atoms with van der Waals surface area (Å²) in [6.07, 6.45) is 2.90. The van der Waals surface area contributed by atoms with Crippen molar-refractivity contribution in [3.05, 3.63) is 40.9 Å². The fourth-order valence-corrected chi connectivity index (χ4v) is 1.71. The molecule has 1 amide bonds. The first-order chi connectivity index (χ1) is 9.06. The Morgan fingerprint density at radius 1 is 1.37 bits per heavy atom. The van der Waals surface area contributed by atoms with Gasteiger partial charge in [0.25, 0.3) is 0 Å². The fraction of sp³-hybridized carbons (Fsp3) is 0.182. The predicted octanol–water partition coefficient (Wildman–Crippen LogP) is 2.35. The van der Waals surface area contributed by atoms with Crippen LogP contribution < -0.4 is 5.32 Å². The number of carbonyl (C=O) groups is 1. The predicted molar refractivity (Wildman–Crippen MR) is 67.3 cm³/mol. The lowest BCUT2D eigenvalue weighted by Crippen LogP contribution is -2.15. The molecule has 1 heterocycles. The molecule has 8 heteroatoms. The van der Waals surface area contributed by atoms with Crippen LogP contribution in [0.5, 0.6) is 0 Å². The molecule has 0 atom stereocenters. The summed E-state index contributed by atoms with van der Waals surface area (Å²) in [6, 6.07) is 1.88. The van der Waals surface area contributed by atoms with Crippen LogP contribution in [0, 0.1) is 11.6 Å². The molecule has 19 heavy (non-hydrogen) atoms. The number of aryl methyl sites for hydroxylation is 1. The maximum absolute atomic E-state index is 13.5. The quantitative estimate of drug-likeness (QED) is 0.875. The van der Waals surface area contributed by atoms with Crippen LogP contribution >= 0.6 is 15.9 Å². The smallest absolute Gasteiger partial charge is 0.226 e. The van der Waals surface area contributed by atoms with E-state index in [1.807, 2.05) is 0 Å². The van der Waals surface area contributed by atoms with Crippen LogP contribution in [0.1, 0.15) is 6.42 Å². The minimum absolute atomic E-state index is 0.00520. The van der Waals surface area contributed by atoms with Crippen molar-refractivity contribution in [2.45, 2.75) is 13.0 Å². The van der Waals surface area contributed by atoms with Gasteiger partial charge in [0.2, 0.25) is 5.91 Å². The molecule has 0 spiro atoms. The van der Waals surface area contributed by atoms with Gasteiger partial charge in [0.15, 0.2) is 0 Å². The lowest BCUT2D eigenvalue weighted by Gasteiger charge is -2.07. The van der Waals surface area contributed by atoms with Gasteiger partial charge in [0, 0.05) is 12.5 Å². The largest absolute Gasteiger partial charge is 0.323 e. The molecular weight excluding hydrogens is 322 g/mol. The molecule has 0 aliphatic heterocycles. The third kappa shape index (κ3) is 3.57.